The third kappa shape index (κ3) is 1.44. The van der Waals surface area contributed by atoms with E-state index in [0.717, 1.165) is 31.5 Å². The summed E-state index contributed by atoms with van der Waals surface area (Å²) in [6, 6.07) is 0. The first-order valence-corrected chi connectivity index (χ1v) is 5.89. The summed E-state index contributed by atoms with van der Waals surface area (Å²) in [6.07, 6.45) is 5.29. The molecule has 0 bridgehead atoms. The first-order valence-electron chi connectivity index (χ1n) is 5.89. The van der Waals surface area contributed by atoms with Crippen LogP contribution in [0.25, 0.3) is 0 Å². The molecule has 3 rings (SSSR count). The second-order valence-corrected chi connectivity index (χ2v) is 4.66. The third-order valence-electron chi connectivity index (χ3n) is 3.57. The molecule has 0 saturated heterocycles. The Labute approximate surface area is 93.6 Å². The van der Waals surface area contributed by atoms with Crippen LogP contribution in [-0.2, 0) is 16.9 Å². The van der Waals surface area contributed by atoms with E-state index in [1.807, 2.05) is 0 Å². The van der Waals surface area contributed by atoms with Crippen LogP contribution < -0.4 is 0 Å². The molecule has 1 fully saturated rings. The van der Waals surface area contributed by atoms with Crippen molar-refractivity contribution in [2.24, 2.45) is 0 Å². The first kappa shape index (κ1) is 10.2. The van der Waals surface area contributed by atoms with Crippen molar-refractivity contribution in [3.63, 3.8) is 0 Å². The Morgan fingerprint density at radius 1 is 1.38 bits per heavy atom. The van der Waals surface area contributed by atoms with Gasteiger partial charge in [-0.15, -0.1) is 5.10 Å². The second-order valence-electron chi connectivity index (χ2n) is 4.66. The molecule has 1 aromatic rings. The van der Waals surface area contributed by atoms with Gasteiger partial charge in [-0.3, -0.25) is 0 Å². The molecule has 0 unspecified atom stereocenters. The van der Waals surface area contributed by atoms with Gasteiger partial charge in [-0.2, -0.15) is 0 Å². The van der Waals surface area contributed by atoms with E-state index in [9.17, 15) is 5.11 Å². The number of hydrogen-bond acceptors (Lipinski definition) is 5. The van der Waals surface area contributed by atoms with Crippen molar-refractivity contribution in [1.29, 1.82) is 0 Å². The second kappa shape index (κ2) is 3.78. The maximum absolute atomic E-state index is 9.26. The molecule has 0 radical (unpaired) electrons. The fourth-order valence-electron chi connectivity index (χ4n) is 2.82. The van der Waals surface area contributed by atoms with Crippen LogP contribution in [0.15, 0.2) is 0 Å². The van der Waals surface area contributed by atoms with Crippen LogP contribution in [0.5, 0.6) is 0 Å². The lowest BCUT2D eigenvalue weighted by Gasteiger charge is -2.41. The molecule has 1 atom stereocenters. The van der Waals surface area contributed by atoms with Gasteiger partial charge in [0.15, 0.2) is 5.82 Å². The van der Waals surface area contributed by atoms with Crippen molar-refractivity contribution >= 4 is 0 Å². The van der Waals surface area contributed by atoms with Crippen LogP contribution in [0.2, 0.25) is 0 Å². The summed E-state index contributed by atoms with van der Waals surface area (Å²) in [4.78, 5) is 0. The van der Waals surface area contributed by atoms with Gasteiger partial charge < -0.3 is 9.84 Å². The molecular weight excluding hydrogens is 208 g/mol. The smallest absolute Gasteiger partial charge is 0.183 e. The zero-order valence-electron chi connectivity index (χ0n) is 9.17. The van der Waals surface area contributed by atoms with E-state index >= 15 is 0 Å². The Morgan fingerprint density at radius 2 is 2.19 bits per heavy atom. The molecule has 2 aliphatic rings. The zero-order chi connectivity index (χ0) is 11.0. The molecule has 0 amide bonds. The molecule has 88 valence electrons. The average Bonchev–Trinajstić information content (AvgIpc) is 2.79. The molecule has 6 heteroatoms. The molecule has 16 heavy (non-hydrogen) atoms. The van der Waals surface area contributed by atoms with E-state index in [1.54, 1.807) is 4.68 Å². The summed E-state index contributed by atoms with van der Waals surface area (Å²) >= 11 is 0. The summed E-state index contributed by atoms with van der Waals surface area (Å²) < 4.78 is 7.82. The summed E-state index contributed by atoms with van der Waals surface area (Å²) in [5, 5.41) is 21.1. The summed E-state index contributed by atoms with van der Waals surface area (Å²) in [5.74, 6) is 0.844. The fraction of sp³-hybridized carbons (Fsp3) is 0.900. The number of ether oxygens (including phenoxy) is 1. The van der Waals surface area contributed by atoms with Gasteiger partial charge in [0.05, 0.1) is 13.2 Å². The van der Waals surface area contributed by atoms with Gasteiger partial charge in [0, 0.05) is 0 Å². The van der Waals surface area contributed by atoms with Crippen molar-refractivity contribution in [1.82, 2.24) is 20.2 Å². The van der Waals surface area contributed by atoms with Crippen LogP contribution in [0.4, 0.5) is 0 Å². The van der Waals surface area contributed by atoms with Crippen molar-refractivity contribution in [3.8, 4) is 0 Å². The minimum Gasteiger partial charge on any atom is -0.394 e. The minimum absolute atomic E-state index is 0.0288. The molecular formula is C10H16N4O2. The number of aliphatic hydroxyl groups excluding tert-OH is 1. The SMILES string of the molecule is OC[C@H]1Cn2nnnc2C2(CCCCC2)O1. The molecule has 1 N–H and O–H groups in total. The van der Waals surface area contributed by atoms with Crippen LogP contribution in [0, 0.1) is 0 Å². The van der Waals surface area contributed by atoms with Crippen LogP contribution in [0.1, 0.15) is 37.9 Å². The summed E-state index contributed by atoms with van der Waals surface area (Å²) in [6.45, 7) is 0.585. The highest BCUT2D eigenvalue weighted by atomic mass is 16.5. The Balaban J connectivity index is 1.98. The van der Waals surface area contributed by atoms with Crippen molar-refractivity contribution in [2.45, 2.75) is 50.4 Å². The van der Waals surface area contributed by atoms with Crippen molar-refractivity contribution < 1.29 is 9.84 Å². The molecule has 6 nitrogen and oxygen atoms in total. The van der Waals surface area contributed by atoms with Gasteiger partial charge in [-0.05, 0) is 23.3 Å². The molecule has 1 aliphatic carbocycles. The quantitative estimate of drug-likeness (QED) is 0.739. The van der Waals surface area contributed by atoms with Gasteiger partial charge in [0.2, 0.25) is 0 Å². The Hall–Kier alpha value is -1.01. The predicted octanol–water partition coefficient (Wildman–Crippen LogP) is 0.224. The summed E-state index contributed by atoms with van der Waals surface area (Å²) in [5.41, 5.74) is -0.340. The lowest BCUT2D eigenvalue weighted by molar-refractivity contribution is -0.163. The first-order chi connectivity index (χ1) is 7.84. The lowest BCUT2D eigenvalue weighted by Crippen LogP contribution is -2.46. The third-order valence-corrected chi connectivity index (χ3v) is 3.57. The highest BCUT2D eigenvalue weighted by Crippen LogP contribution is 2.42. The topological polar surface area (TPSA) is 73.1 Å². The van der Waals surface area contributed by atoms with Gasteiger partial charge in [0.25, 0.3) is 0 Å². The largest absolute Gasteiger partial charge is 0.394 e. The number of tetrazole rings is 1. The van der Waals surface area contributed by atoms with E-state index in [0.29, 0.717) is 6.54 Å². The molecule has 2 heterocycles. The Bertz CT molecular complexity index is 373. The maximum atomic E-state index is 9.26. The molecule has 1 aliphatic heterocycles. The minimum atomic E-state index is -0.340. The van der Waals surface area contributed by atoms with Crippen LogP contribution in [-0.4, -0.2) is 38.0 Å². The standard InChI is InChI=1S/C10H16N4O2/c15-7-8-6-14-9(11-12-13-14)10(16-8)4-2-1-3-5-10/h8,15H,1-7H2/t8-/m1/s1. The number of hydrogen-bond donors (Lipinski definition) is 1. The molecule has 1 saturated carbocycles. The van der Waals surface area contributed by atoms with Crippen molar-refractivity contribution in [3.05, 3.63) is 5.82 Å². The van der Waals surface area contributed by atoms with Gasteiger partial charge in [-0.1, -0.05) is 19.3 Å². The number of nitrogens with zero attached hydrogens (tertiary/aromatic N) is 4. The van der Waals surface area contributed by atoms with Crippen molar-refractivity contribution in [2.75, 3.05) is 6.61 Å². The van der Waals surface area contributed by atoms with Gasteiger partial charge >= 0.3 is 0 Å². The van der Waals surface area contributed by atoms with E-state index in [4.69, 9.17) is 4.74 Å². The molecule has 1 aromatic heterocycles. The highest BCUT2D eigenvalue weighted by molar-refractivity contribution is 5.05. The lowest BCUT2D eigenvalue weighted by atomic mass is 9.83. The number of aromatic nitrogens is 4. The Kier molecular flexibility index (Phi) is 2.40. The normalized spacial score (nSPS) is 27.9. The highest BCUT2D eigenvalue weighted by Gasteiger charge is 2.45. The Morgan fingerprint density at radius 3 is 2.94 bits per heavy atom. The summed E-state index contributed by atoms with van der Waals surface area (Å²) in [7, 11) is 0. The average molecular weight is 224 g/mol. The number of fused-ring (bicyclic) bond motifs is 2. The van der Waals surface area contributed by atoms with Crippen LogP contribution >= 0.6 is 0 Å². The monoisotopic (exact) mass is 224 g/mol. The molecule has 1 spiro atoms. The fourth-order valence-corrected chi connectivity index (χ4v) is 2.82. The van der Waals surface area contributed by atoms with Gasteiger partial charge in [0.1, 0.15) is 11.7 Å². The molecule has 0 aromatic carbocycles. The van der Waals surface area contributed by atoms with E-state index < -0.39 is 0 Å². The number of aliphatic hydroxyl groups is 1. The maximum Gasteiger partial charge on any atom is 0.183 e. The van der Waals surface area contributed by atoms with E-state index in [1.165, 1.54) is 6.42 Å². The predicted molar refractivity (Wildman–Crippen MR) is 54.5 cm³/mol. The van der Waals surface area contributed by atoms with E-state index in [2.05, 4.69) is 15.5 Å². The number of rotatable bonds is 1. The van der Waals surface area contributed by atoms with Gasteiger partial charge in [-0.25, -0.2) is 4.68 Å². The zero-order valence-corrected chi connectivity index (χ0v) is 9.17. The van der Waals surface area contributed by atoms with Crippen LogP contribution in [0.3, 0.4) is 0 Å². The van der Waals surface area contributed by atoms with E-state index in [-0.39, 0.29) is 18.3 Å².